The lowest BCUT2D eigenvalue weighted by atomic mass is 9.79. The zero-order valence-corrected chi connectivity index (χ0v) is 19.3. The van der Waals surface area contributed by atoms with Crippen LogP contribution in [-0.2, 0) is 20.9 Å². The number of hydrogen-bond acceptors (Lipinski definition) is 5. The Morgan fingerprint density at radius 1 is 1.00 bits per heavy atom. The normalized spacial score (nSPS) is 25.7. The molecular weight excluding hydrogens is 416 g/mol. The van der Waals surface area contributed by atoms with Crippen LogP contribution in [0, 0.1) is 17.3 Å². The van der Waals surface area contributed by atoms with E-state index in [0.717, 1.165) is 22.6 Å². The standard InChI is InChI=1S/C27H28N2O4/c1-27(2,3)24(30)23-22-21(25(31)28(26(22)32)15-16-8-6-5-7-9-16)20-12-10-17-14-18(33-4)11-13-19(17)29(20)23/h5-14,20-23H,15H2,1-4H3/t20-,21-,22-,23+/m0/s1. The molecule has 0 aliphatic carbocycles. The van der Waals surface area contributed by atoms with Crippen molar-refractivity contribution in [2.45, 2.75) is 39.4 Å². The number of amides is 2. The van der Waals surface area contributed by atoms with Gasteiger partial charge in [-0.1, -0.05) is 63.3 Å². The minimum Gasteiger partial charge on any atom is -0.497 e. The van der Waals surface area contributed by atoms with Gasteiger partial charge in [0.1, 0.15) is 11.8 Å². The van der Waals surface area contributed by atoms with Crippen molar-refractivity contribution >= 4 is 29.4 Å². The molecule has 0 saturated carbocycles. The molecule has 0 spiro atoms. The van der Waals surface area contributed by atoms with Gasteiger partial charge in [0.2, 0.25) is 11.8 Å². The molecule has 3 heterocycles. The second-order valence-corrected chi connectivity index (χ2v) is 10.0. The molecule has 5 rings (SSSR count). The molecule has 6 nitrogen and oxygen atoms in total. The number of anilines is 1. The predicted octanol–water partition coefficient (Wildman–Crippen LogP) is 3.70. The SMILES string of the molecule is COc1ccc2c(c1)C=C[C@H]1[C@@H]3C(=O)N(Cc4ccccc4)C(=O)[C@@H]3[C@H](C(=O)C(C)(C)C)N21. The van der Waals surface area contributed by atoms with Crippen molar-refractivity contribution in [1.29, 1.82) is 0 Å². The minimum absolute atomic E-state index is 0.0280. The maximum Gasteiger partial charge on any atom is 0.236 e. The Bertz CT molecular complexity index is 1160. The quantitative estimate of drug-likeness (QED) is 0.673. The average Bonchev–Trinajstić information content (AvgIpc) is 3.26. The summed E-state index contributed by atoms with van der Waals surface area (Å²) in [6.07, 6.45) is 3.93. The van der Waals surface area contributed by atoms with E-state index in [1.165, 1.54) is 4.90 Å². The summed E-state index contributed by atoms with van der Waals surface area (Å²) in [4.78, 5) is 44.4. The summed E-state index contributed by atoms with van der Waals surface area (Å²) >= 11 is 0. The van der Waals surface area contributed by atoms with Crippen LogP contribution in [0.1, 0.15) is 31.9 Å². The highest BCUT2D eigenvalue weighted by Crippen LogP contribution is 2.50. The number of carbonyl (C=O) groups excluding carboxylic acids is 3. The molecule has 2 amide bonds. The molecule has 2 aromatic carbocycles. The summed E-state index contributed by atoms with van der Waals surface area (Å²) in [6, 6.07) is 14.2. The molecule has 2 saturated heterocycles. The Kier molecular flexibility index (Phi) is 4.92. The molecule has 3 aliphatic rings. The summed E-state index contributed by atoms with van der Waals surface area (Å²) < 4.78 is 5.37. The van der Waals surface area contributed by atoms with Gasteiger partial charge in [0.25, 0.3) is 0 Å². The molecule has 2 aromatic rings. The lowest BCUT2D eigenvalue weighted by Gasteiger charge is -2.38. The molecule has 0 radical (unpaired) electrons. The average molecular weight is 445 g/mol. The van der Waals surface area contributed by atoms with Gasteiger partial charge in [0, 0.05) is 16.7 Å². The number of Topliss-reactive ketones (excluding diaryl/α,β-unsaturated/α-hetero) is 1. The summed E-state index contributed by atoms with van der Waals surface area (Å²) in [7, 11) is 1.61. The monoisotopic (exact) mass is 444 g/mol. The first kappa shape index (κ1) is 21.4. The van der Waals surface area contributed by atoms with Gasteiger partial charge in [-0.3, -0.25) is 19.3 Å². The number of carbonyl (C=O) groups is 3. The van der Waals surface area contributed by atoms with Crippen molar-refractivity contribution in [3.05, 3.63) is 65.7 Å². The highest BCUT2D eigenvalue weighted by molar-refractivity contribution is 6.11. The number of likely N-dealkylation sites (tertiary alicyclic amines) is 1. The van der Waals surface area contributed by atoms with Crippen LogP contribution >= 0.6 is 0 Å². The first-order chi connectivity index (χ1) is 15.7. The smallest absolute Gasteiger partial charge is 0.236 e. The summed E-state index contributed by atoms with van der Waals surface area (Å²) in [5.41, 5.74) is 2.01. The van der Waals surface area contributed by atoms with E-state index in [1.54, 1.807) is 7.11 Å². The predicted molar refractivity (Wildman–Crippen MR) is 126 cm³/mol. The molecule has 33 heavy (non-hydrogen) atoms. The minimum atomic E-state index is -0.700. The lowest BCUT2D eigenvalue weighted by molar-refractivity contribution is -0.142. The van der Waals surface area contributed by atoms with Gasteiger partial charge in [-0.15, -0.1) is 0 Å². The topological polar surface area (TPSA) is 66.9 Å². The Labute approximate surface area is 193 Å². The van der Waals surface area contributed by atoms with Gasteiger partial charge >= 0.3 is 0 Å². The number of hydrogen-bond donors (Lipinski definition) is 0. The van der Waals surface area contributed by atoms with Crippen LogP contribution in [0.2, 0.25) is 0 Å². The third kappa shape index (κ3) is 3.27. The third-order valence-corrected chi connectivity index (χ3v) is 7.00. The summed E-state index contributed by atoms with van der Waals surface area (Å²) in [5.74, 6) is -1.04. The zero-order valence-electron chi connectivity index (χ0n) is 19.3. The van der Waals surface area contributed by atoms with E-state index >= 15 is 0 Å². The number of rotatable bonds is 4. The largest absolute Gasteiger partial charge is 0.497 e. The van der Waals surface area contributed by atoms with E-state index in [-0.39, 0.29) is 30.2 Å². The fourth-order valence-electron chi connectivity index (χ4n) is 5.41. The zero-order chi connectivity index (χ0) is 23.5. The van der Waals surface area contributed by atoms with E-state index in [9.17, 15) is 14.4 Å². The van der Waals surface area contributed by atoms with Crippen molar-refractivity contribution in [3.8, 4) is 5.75 Å². The second kappa shape index (κ2) is 7.58. The number of nitrogens with zero attached hydrogens (tertiary/aromatic N) is 2. The van der Waals surface area contributed by atoms with Crippen molar-refractivity contribution in [1.82, 2.24) is 4.90 Å². The Balaban J connectivity index is 1.59. The van der Waals surface area contributed by atoms with Gasteiger partial charge in [-0.25, -0.2) is 0 Å². The molecule has 2 fully saturated rings. The number of fused-ring (bicyclic) bond motifs is 5. The molecule has 0 unspecified atom stereocenters. The van der Waals surface area contributed by atoms with Crippen LogP contribution in [0.25, 0.3) is 6.08 Å². The Morgan fingerprint density at radius 2 is 1.70 bits per heavy atom. The van der Waals surface area contributed by atoms with Crippen molar-refractivity contribution < 1.29 is 19.1 Å². The molecular formula is C27H28N2O4. The Hall–Kier alpha value is -3.41. The Morgan fingerprint density at radius 3 is 2.36 bits per heavy atom. The van der Waals surface area contributed by atoms with Gasteiger partial charge in [0.15, 0.2) is 5.78 Å². The summed E-state index contributed by atoms with van der Waals surface area (Å²) in [5, 5.41) is 0. The first-order valence-corrected chi connectivity index (χ1v) is 11.3. The maximum atomic E-state index is 13.7. The highest BCUT2D eigenvalue weighted by atomic mass is 16.5. The van der Waals surface area contributed by atoms with Crippen molar-refractivity contribution in [3.63, 3.8) is 0 Å². The fourth-order valence-corrected chi connectivity index (χ4v) is 5.41. The summed E-state index contributed by atoms with van der Waals surface area (Å²) in [6.45, 7) is 5.84. The lowest BCUT2D eigenvalue weighted by Crippen LogP contribution is -2.51. The second-order valence-electron chi connectivity index (χ2n) is 10.0. The highest BCUT2D eigenvalue weighted by Gasteiger charge is 2.64. The molecule has 0 N–H and O–H groups in total. The number of benzene rings is 2. The van der Waals surface area contributed by atoms with Crippen LogP contribution in [0.3, 0.4) is 0 Å². The van der Waals surface area contributed by atoms with Gasteiger partial charge in [0.05, 0.1) is 31.5 Å². The van der Waals surface area contributed by atoms with Crippen LogP contribution in [0.4, 0.5) is 5.69 Å². The molecule has 6 heteroatoms. The molecule has 0 aromatic heterocycles. The third-order valence-electron chi connectivity index (χ3n) is 7.00. The number of methoxy groups -OCH3 is 1. The molecule has 0 bridgehead atoms. The van der Waals surface area contributed by atoms with E-state index in [2.05, 4.69) is 0 Å². The first-order valence-electron chi connectivity index (χ1n) is 11.3. The van der Waals surface area contributed by atoms with Crippen LogP contribution in [0.15, 0.2) is 54.6 Å². The molecule has 170 valence electrons. The van der Waals surface area contributed by atoms with Crippen molar-refractivity contribution in [2.24, 2.45) is 17.3 Å². The fraction of sp³-hybridized carbons (Fsp3) is 0.370. The van der Waals surface area contributed by atoms with Crippen molar-refractivity contribution in [2.75, 3.05) is 12.0 Å². The van der Waals surface area contributed by atoms with Crippen LogP contribution < -0.4 is 9.64 Å². The number of ether oxygens (including phenoxy) is 1. The van der Waals surface area contributed by atoms with Gasteiger partial charge < -0.3 is 9.64 Å². The molecule has 4 atom stereocenters. The van der Waals surface area contributed by atoms with E-state index in [0.29, 0.717) is 0 Å². The number of imide groups is 1. The molecule has 3 aliphatic heterocycles. The maximum absolute atomic E-state index is 13.7. The van der Waals surface area contributed by atoms with Gasteiger partial charge in [-0.2, -0.15) is 0 Å². The van der Waals surface area contributed by atoms with E-state index in [4.69, 9.17) is 4.74 Å². The van der Waals surface area contributed by atoms with E-state index in [1.807, 2.05) is 86.4 Å². The van der Waals surface area contributed by atoms with Crippen LogP contribution in [-0.4, -0.2) is 41.7 Å². The van der Waals surface area contributed by atoms with Gasteiger partial charge in [-0.05, 0) is 23.8 Å². The number of ketones is 1. The van der Waals surface area contributed by atoms with Crippen LogP contribution in [0.5, 0.6) is 5.75 Å². The van der Waals surface area contributed by atoms with E-state index < -0.39 is 23.3 Å².